The molecule has 0 N–H and O–H groups in total. The maximum atomic E-state index is 9.99. The van der Waals surface area contributed by atoms with Crippen LogP contribution < -0.4 is 0 Å². The lowest BCUT2D eigenvalue weighted by molar-refractivity contribution is 0.556. The highest BCUT2D eigenvalue weighted by molar-refractivity contribution is 5.61. The maximum absolute atomic E-state index is 9.99. The maximum Gasteiger partial charge on any atom is 0.202 e. The van der Waals surface area contributed by atoms with Crippen molar-refractivity contribution in [1.82, 2.24) is 0 Å². The summed E-state index contributed by atoms with van der Waals surface area (Å²) < 4.78 is 0. The molecule has 0 fully saturated rings. The normalized spacial score (nSPS) is 10.6. The largest absolute Gasteiger partial charge is 0.291 e. The highest BCUT2D eigenvalue weighted by atomic mass is 16.1. The summed E-state index contributed by atoms with van der Waals surface area (Å²) in [6.45, 7) is 4.13. The Morgan fingerprint density at radius 3 is 2.46 bits per heavy atom. The van der Waals surface area contributed by atoms with Crippen LogP contribution in [0.25, 0.3) is 6.08 Å². The number of benzene rings is 1. The molecule has 1 heteroatoms. The Kier molecular flexibility index (Phi) is 3.44. The van der Waals surface area contributed by atoms with Gasteiger partial charge in [-0.1, -0.05) is 30.4 Å². The second-order valence-electron chi connectivity index (χ2n) is 3.06. The molecular weight excluding hydrogens is 160 g/mol. The molecule has 1 nitrogen and oxygen atoms in total. The van der Waals surface area contributed by atoms with Crippen molar-refractivity contribution in [3.63, 3.8) is 0 Å². The van der Waals surface area contributed by atoms with Gasteiger partial charge in [0.2, 0.25) is 6.29 Å². The van der Waals surface area contributed by atoms with Crippen molar-refractivity contribution in [1.29, 1.82) is 0 Å². The first-order chi connectivity index (χ1) is 6.25. The van der Waals surface area contributed by atoms with Gasteiger partial charge in [-0.3, -0.25) is 4.79 Å². The Morgan fingerprint density at radius 2 is 1.92 bits per heavy atom. The van der Waals surface area contributed by atoms with E-state index in [9.17, 15) is 4.79 Å². The Balaban J connectivity index is 2.92. The molecule has 0 aliphatic heterocycles. The van der Waals surface area contributed by atoms with Gasteiger partial charge in [0.25, 0.3) is 0 Å². The molecule has 0 heterocycles. The van der Waals surface area contributed by atoms with Crippen LogP contribution in [-0.4, -0.2) is 6.29 Å². The molecule has 0 aliphatic carbocycles. The first kappa shape index (κ1) is 9.72. The molecule has 1 radical (unpaired) electrons. The van der Waals surface area contributed by atoms with Gasteiger partial charge in [0.15, 0.2) is 0 Å². The predicted molar refractivity (Wildman–Crippen MR) is 55.3 cm³/mol. The van der Waals surface area contributed by atoms with Crippen molar-refractivity contribution in [3.8, 4) is 0 Å². The minimum Gasteiger partial charge on any atom is -0.291 e. The van der Waals surface area contributed by atoms with Gasteiger partial charge in [-0.05, 0) is 30.5 Å². The summed E-state index contributed by atoms with van der Waals surface area (Å²) in [7, 11) is 0. The standard InChI is InChI=1S/C12H13O/c1-10-6-5-7-11(2)12(10)8-3-4-9-13/h3,5-8H,4H2,1-2H3. The quantitative estimate of drug-likeness (QED) is 0.687. The van der Waals surface area contributed by atoms with Crippen molar-refractivity contribution in [2.24, 2.45) is 0 Å². The molecule has 0 spiro atoms. The minimum absolute atomic E-state index is 0.369. The van der Waals surface area contributed by atoms with Gasteiger partial charge >= 0.3 is 0 Å². The Bertz CT molecular complexity index is 304. The van der Waals surface area contributed by atoms with Gasteiger partial charge in [0, 0.05) is 6.42 Å². The summed E-state index contributed by atoms with van der Waals surface area (Å²) in [6, 6.07) is 6.17. The van der Waals surface area contributed by atoms with Crippen LogP contribution in [0.1, 0.15) is 23.1 Å². The van der Waals surface area contributed by atoms with Crippen molar-refractivity contribution in [3.05, 3.63) is 41.0 Å². The van der Waals surface area contributed by atoms with E-state index in [1.807, 2.05) is 24.5 Å². The first-order valence-corrected chi connectivity index (χ1v) is 4.33. The fourth-order valence-electron chi connectivity index (χ4n) is 1.32. The Hall–Kier alpha value is -1.37. The number of carbonyl (C=O) groups excluding carboxylic acids is 1. The topological polar surface area (TPSA) is 17.1 Å². The number of hydrogen-bond acceptors (Lipinski definition) is 1. The SMILES string of the molecule is Cc1cccc(C)c1C=CC[C]=O. The lowest BCUT2D eigenvalue weighted by Gasteiger charge is -2.03. The van der Waals surface area contributed by atoms with Crippen molar-refractivity contribution < 1.29 is 4.79 Å². The molecule has 67 valence electrons. The summed E-state index contributed by atoms with van der Waals surface area (Å²) in [5.41, 5.74) is 3.68. The zero-order chi connectivity index (χ0) is 9.68. The van der Waals surface area contributed by atoms with E-state index in [1.165, 1.54) is 16.7 Å². The van der Waals surface area contributed by atoms with Gasteiger partial charge in [-0.25, -0.2) is 0 Å². The predicted octanol–water partition coefficient (Wildman–Crippen LogP) is 2.82. The van der Waals surface area contributed by atoms with Gasteiger partial charge in [0.1, 0.15) is 0 Å². The molecule has 0 amide bonds. The molecule has 0 unspecified atom stereocenters. The second-order valence-corrected chi connectivity index (χ2v) is 3.06. The van der Waals surface area contributed by atoms with E-state index in [0.717, 1.165) is 0 Å². The van der Waals surface area contributed by atoms with E-state index >= 15 is 0 Å². The zero-order valence-corrected chi connectivity index (χ0v) is 8.00. The number of allylic oxidation sites excluding steroid dienone is 1. The van der Waals surface area contributed by atoms with Gasteiger partial charge in [-0.2, -0.15) is 0 Å². The third kappa shape index (κ3) is 2.55. The van der Waals surface area contributed by atoms with E-state index < -0.39 is 0 Å². The second kappa shape index (κ2) is 4.61. The average Bonchev–Trinajstić information content (AvgIpc) is 2.10. The summed E-state index contributed by atoms with van der Waals surface area (Å²) in [5.74, 6) is 0. The summed E-state index contributed by atoms with van der Waals surface area (Å²) in [5, 5.41) is 0. The molecule has 0 saturated carbocycles. The smallest absolute Gasteiger partial charge is 0.202 e. The molecule has 13 heavy (non-hydrogen) atoms. The van der Waals surface area contributed by atoms with Gasteiger partial charge in [-0.15, -0.1) is 0 Å². The number of aryl methyl sites for hydroxylation is 2. The molecule has 0 aliphatic rings. The van der Waals surface area contributed by atoms with E-state index in [-0.39, 0.29) is 0 Å². The van der Waals surface area contributed by atoms with Crippen LogP contribution in [-0.2, 0) is 4.79 Å². The van der Waals surface area contributed by atoms with E-state index in [0.29, 0.717) is 6.42 Å². The zero-order valence-electron chi connectivity index (χ0n) is 8.00. The van der Waals surface area contributed by atoms with Crippen molar-refractivity contribution in [2.75, 3.05) is 0 Å². The monoisotopic (exact) mass is 173 g/mol. The van der Waals surface area contributed by atoms with Crippen LogP contribution in [0.4, 0.5) is 0 Å². The van der Waals surface area contributed by atoms with E-state index in [1.54, 1.807) is 0 Å². The highest BCUT2D eigenvalue weighted by Gasteiger charge is 1.96. The highest BCUT2D eigenvalue weighted by Crippen LogP contribution is 2.14. The third-order valence-electron chi connectivity index (χ3n) is 2.03. The van der Waals surface area contributed by atoms with Crippen LogP contribution in [0, 0.1) is 13.8 Å². The Labute approximate surface area is 79.1 Å². The lowest BCUT2D eigenvalue weighted by Crippen LogP contribution is -1.84. The molecule has 0 bridgehead atoms. The summed E-state index contributed by atoms with van der Waals surface area (Å²) in [6.07, 6.45) is 6.03. The third-order valence-corrected chi connectivity index (χ3v) is 2.03. The molecule has 0 aromatic heterocycles. The molecule has 1 aromatic rings. The van der Waals surface area contributed by atoms with Crippen molar-refractivity contribution >= 4 is 12.4 Å². The van der Waals surface area contributed by atoms with Crippen LogP contribution >= 0.6 is 0 Å². The summed E-state index contributed by atoms with van der Waals surface area (Å²) >= 11 is 0. The first-order valence-electron chi connectivity index (χ1n) is 4.33. The average molecular weight is 173 g/mol. The van der Waals surface area contributed by atoms with Crippen LogP contribution in [0.3, 0.4) is 0 Å². The molecule has 0 saturated heterocycles. The fraction of sp³-hybridized carbons (Fsp3) is 0.250. The molecular formula is C12H13O. The van der Waals surface area contributed by atoms with Crippen molar-refractivity contribution in [2.45, 2.75) is 20.3 Å². The van der Waals surface area contributed by atoms with E-state index in [2.05, 4.69) is 26.0 Å². The molecule has 0 atom stereocenters. The summed E-state index contributed by atoms with van der Waals surface area (Å²) in [4.78, 5) is 9.99. The fourth-order valence-corrected chi connectivity index (χ4v) is 1.32. The van der Waals surface area contributed by atoms with Gasteiger partial charge < -0.3 is 0 Å². The van der Waals surface area contributed by atoms with Crippen LogP contribution in [0.15, 0.2) is 24.3 Å². The molecule has 1 aromatic carbocycles. The number of rotatable bonds is 3. The van der Waals surface area contributed by atoms with Crippen LogP contribution in [0.2, 0.25) is 0 Å². The van der Waals surface area contributed by atoms with Crippen LogP contribution in [0.5, 0.6) is 0 Å². The lowest BCUT2D eigenvalue weighted by atomic mass is 10.0. The molecule has 1 rings (SSSR count). The Morgan fingerprint density at radius 1 is 1.31 bits per heavy atom. The van der Waals surface area contributed by atoms with Gasteiger partial charge in [0.05, 0.1) is 0 Å². The van der Waals surface area contributed by atoms with E-state index in [4.69, 9.17) is 0 Å². The number of hydrogen-bond donors (Lipinski definition) is 0. The minimum atomic E-state index is 0.369.